The highest BCUT2D eigenvalue weighted by Gasteiger charge is 2.37. The first-order valence-corrected chi connectivity index (χ1v) is 8.36. The van der Waals surface area contributed by atoms with Crippen LogP contribution in [0.1, 0.15) is 68.9 Å². The van der Waals surface area contributed by atoms with Gasteiger partial charge in [0.15, 0.2) is 0 Å². The van der Waals surface area contributed by atoms with Crippen LogP contribution in [0.2, 0.25) is 0 Å². The van der Waals surface area contributed by atoms with E-state index in [1.54, 1.807) is 0 Å². The number of amides is 1. The highest BCUT2D eigenvalue weighted by atomic mass is 16.2. The lowest BCUT2D eigenvalue weighted by molar-refractivity contribution is 0.0676. The topological polar surface area (TPSA) is 51.3 Å². The maximum absolute atomic E-state index is 13.0. The highest BCUT2D eigenvalue weighted by Crippen LogP contribution is 2.36. The SMILES string of the molecule is CC(C)n1cc(N)cc1C(=O)N1CCCC1C1CCCC1. The maximum Gasteiger partial charge on any atom is 0.270 e. The monoisotopic (exact) mass is 289 g/mol. The Morgan fingerprint density at radius 3 is 2.62 bits per heavy atom. The second-order valence-electron chi connectivity index (χ2n) is 6.91. The third-order valence-electron chi connectivity index (χ3n) is 5.15. The second kappa shape index (κ2) is 5.74. The molecule has 0 spiro atoms. The smallest absolute Gasteiger partial charge is 0.270 e. The van der Waals surface area contributed by atoms with Gasteiger partial charge in [0.25, 0.3) is 5.91 Å². The summed E-state index contributed by atoms with van der Waals surface area (Å²) in [6.45, 7) is 5.09. The molecule has 0 radical (unpaired) electrons. The van der Waals surface area contributed by atoms with E-state index < -0.39 is 0 Å². The summed E-state index contributed by atoms with van der Waals surface area (Å²) < 4.78 is 2.02. The number of carbonyl (C=O) groups is 1. The minimum absolute atomic E-state index is 0.176. The zero-order valence-corrected chi connectivity index (χ0v) is 13.2. The molecule has 1 aromatic heterocycles. The summed E-state index contributed by atoms with van der Waals surface area (Å²) in [5.74, 6) is 0.894. The summed E-state index contributed by atoms with van der Waals surface area (Å²) in [6.07, 6.45) is 9.46. The third-order valence-corrected chi connectivity index (χ3v) is 5.15. The molecule has 1 aliphatic heterocycles. The van der Waals surface area contributed by atoms with Crippen LogP contribution in [0.4, 0.5) is 5.69 Å². The normalized spacial score (nSPS) is 23.4. The Bertz CT molecular complexity index is 514. The molecule has 1 amide bonds. The van der Waals surface area contributed by atoms with Gasteiger partial charge in [0.05, 0.1) is 5.69 Å². The molecule has 2 heterocycles. The first-order valence-electron chi connectivity index (χ1n) is 8.36. The fourth-order valence-electron chi connectivity index (χ4n) is 4.12. The van der Waals surface area contributed by atoms with Crippen molar-refractivity contribution in [3.63, 3.8) is 0 Å². The summed E-state index contributed by atoms with van der Waals surface area (Å²) in [5, 5.41) is 0. The van der Waals surface area contributed by atoms with E-state index in [1.165, 1.54) is 32.1 Å². The van der Waals surface area contributed by atoms with Gasteiger partial charge in [-0.05, 0) is 51.5 Å². The number of carbonyl (C=O) groups excluding carboxylic acids is 1. The van der Waals surface area contributed by atoms with Crippen molar-refractivity contribution in [2.24, 2.45) is 5.92 Å². The zero-order valence-electron chi connectivity index (χ0n) is 13.2. The van der Waals surface area contributed by atoms with Crippen molar-refractivity contribution >= 4 is 11.6 Å². The first kappa shape index (κ1) is 14.5. The Morgan fingerprint density at radius 1 is 1.24 bits per heavy atom. The van der Waals surface area contributed by atoms with Crippen molar-refractivity contribution in [2.45, 2.75) is 64.5 Å². The summed E-state index contributed by atoms with van der Waals surface area (Å²) >= 11 is 0. The molecule has 1 saturated carbocycles. The molecule has 0 aromatic carbocycles. The number of aromatic nitrogens is 1. The summed E-state index contributed by atoms with van der Waals surface area (Å²) in [4.78, 5) is 15.1. The van der Waals surface area contributed by atoms with Crippen LogP contribution in [0, 0.1) is 5.92 Å². The Morgan fingerprint density at radius 2 is 1.95 bits per heavy atom. The van der Waals surface area contributed by atoms with Crippen LogP contribution in [0.5, 0.6) is 0 Å². The van der Waals surface area contributed by atoms with Gasteiger partial charge in [-0.3, -0.25) is 4.79 Å². The average molecular weight is 289 g/mol. The number of rotatable bonds is 3. The van der Waals surface area contributed by atoms with Crippen molar-refractivity contribution in [3.8, 4) is 0 Å². The molecule has 2 fully saturated rings. The fraction of sp³-hybridized carbons (Fsp3) is 0.706. The first-order chi connectivity index (χ1) is 10.1. The third kappa shape index (κ3) is 2.68. The van der Waals surface area contributed by atoms with Gasteiger partial charge < -0.3 is 15.2 Å². The van der Waals surface area contributed by atoms with Gasteiger partial charge >= 0.3 is 0 Å². The predicted octanol–water partition coefficient (Wildman–Crippen LogP) is 3.45. The molecule has 1 aromatic rings. The largest absolute Gasteiger partial charge is 0.397 e. The molecule has 0 bridgehead atoms. The van der Waals surface area contributed by atoms with Crippen molar-refractivity contribution in [2.75, 3.05) is 12.3 Å². The van der Waals surface area contributed by atoms with Crippen LogP contribution in [-0.4, -0.2) is 28.0 Å². The van der Waals surface area contributed by atoms with Crippen LogP contribution in [-0.2, 0) is 0 Å². The van der Waals surface area contributed by atoms with E-state index in [0.717, 1.165) is 24.6 Å². The molecular formula is C17H27N3O. The van der Waals surface area contributed by atoms with E-state index in [-0.39, 0.29) is 11.9 Å². The van der Waals surface area contributed by atoms with Gasteiger partial charge in [-0.2, -0.15) is 0 Å². The highest BCUT2D eigenvalue weighted by molar-refractivity contribution is 5.94. The summed E-state index contributed by atoms with van der Waals surface area (Å²) in [6, 6.07) is 2.55. The van der Waals surface area contributed by atoms with E-state index in [9.17, 15) is 4.79 Å². The molecule has 4 nitrogen and oxygen atoms in total. The molecule has 21 heavy (non-hydrogen) atoms. The van der Waals surface area contributed by atoms with E-state index >= 15 is 0 Å². The van der Waals surface area contributed by atoms with Crippen LogP contribution in [0.15, 0.2) is 12.3 Å². The molecule has 1 saturated heterocycles. The van der Waals surface area contributed by atoms with Gasteiger partial charge in [0.1, 0.15) is 5.69 Å². The minimum atomic E-state index is 0.176. The molecule has 2 N–H and O–H groups in total. The second-order valence-corrected chi connectivity index (χ2v) is 6.91. The summed E-state index contributed by atoms with van der Waals surface area (Å²) in [7, 11) is 0. The minimum Gasteiger partial charge on any atom is -0.397 e. The quantitative estimate of drug-likeness (QED) is 0.926. The molecule has 116 valence electrons. The fourth-order valence-corrected chi connectivity index (χ4v) is 4.12. The van der Waals surface area contributed by atoms with E-state index in [4.69, 9.17) is 5.73 Å². The van der Waals surface area contributed by atoms with Gasteiger partial charge in [-0.15, -0.1) is 0 Å². The van der Waals surface area contributed by atoms with Gasteiger partial charge in [0, 0.05) is 24.8 Å². The Labute approximate surface area is 127 Å². The number of anilines is 1. The Kier molecular flexibility index (Phi) is 3.96. The standard InChI is InChI=1S/C17H27N3O/c1-12(2)20-11-14(18)10-16(20)17(21)19-9-5-8-15(19)13-6-3-4-7-13/h10-13,15H,3-9,18H2,1-2H3. The molecule has 2 aliphatic rings. The molecule has 3 rings (SSSR count). The molecule has 1 unspecified atom stereocenters. The lowest BCUT2D eigenvalue weighted by Gasteiger charge is -2.30. The number of nitrogens with zero attached hydrogens (tertiary/aromatic N) is 2. The number of likely N-dealkylation sites (tertiary alicyclic amines) is 1. The van der Waals surface area contributed by atoms with Crippen LogP contribution in [0.3, 0.4) is 0 Å². The summed E-state index contributed by atoms with van der Waals surface area (Å²) in [5.41, 5.74) is 7.36. The number of hydrogen-bond donors (Lipinski definition) is 1. The lowest BCUT2D eigenvalue weighted by atomic mass is 9.96. The van der Waals surface area contributed by atoms with Crippen LogP contribution < -0.4 is 5.73 Å². The van der Waals surface area contributed by atoms with Crippen molar-refractivity contribution in [1.82, 2.24) is 9.47 Å². The molecule has 4 heteroatoms. The number of nitrogen functional groups attached to an aromatic ring is 1. The average Bonchev–Trinajstić information content (AvgIpc) is 3.17. The Hall–Kier alpha value is -1.45. The zero-order chi connectivity index (χ0) is 15.0. The predicted molar refractivity (Wildman–Crippen MR) is 85.2 cm³/mol. The van der Waals surface area contributed by atoms with Gasteiger partial charge in [-0.1, -0.05) is 12.8 Å². The lowest BCUT2D eigenvalue weighted by Crippen LogP contribution is -2.40. The van der Waals surface area contributed by atoms with E-state index in [2.05, 4.69) is 18.7 Å². The van der Waals surface area contributed by atoms with Gasteiger partial charge in [-0.25, -0.2) is 0 Å². The number of nitrogens with two attached hydrogens (primary N) is 1. The Balaban J connectivity index is 1.83. The van der Waals surface area contributed by atoms with Crippen molar-refractivity contribution < 1.29 is 4.79 Å². The molecule has 1 aliphatic carbocycles. The van der Waals surface area contributed by atoms with E-state index in [0.29, 0.717) is 11.7 Å². The van der Waals surface area contributed by atoms with Crippen LogP contribution >= 0.6 is 0 Å². The van der Waals surface area contributed by atoms with Gasteiger partial charge in [0.2, 0.25) is 0 Å². The molecular weight excluding hydrogens is 262 g/mol. The maximum atomic E-state index is 13.0. The van der Waals surface area contributed by atoms with Crippen molar-refractivity contribution in [3.05, 3.63) is 18.0 Å². The number of hydrogen-bond acceptors (Lipinski definition) is 2. The van der Waals surface area contributed by atoms with Crippen molar-refractivity contribution in [1.29, 1.82) is 0 Å². The molecule has 1 atom stereocenters. The van der Waals surface area contributed by atoms with Crippen LogP contribution in [0.25, 0.3) is 0 Å². The van der Waals surface area contributed by atoms with E-state index in [1.807, 2.05) is 16.8 Å².